The first kappa shape index (κ1) is 36.7. The number of hydrogen-bond acceptors (Lipinski definition) is 4. The Morgan fingerprint density at radius 3 is 0.950 bits per heavy atom. The van der Waals surface area contributed by atoms with Gasteiger partial charge in [0.15, 0.2) is 0 Å². The molecule has 0 aromatic heterocycles. The highest BCUT2D eigenvalue weighted by molar-refractivity contribution is 6.00. The van der Waals surface area contributed by atoms with Crippen LogP contribution in [0.2, 0.25) is 0 Å². The predicted molar refractivity (Wildman–Crippen MR) is 170 cm³/mol. The van der Waals surface area contributed by atoms with Gasteiger partial charge in [0.1, 0.15) is 0 Å². The number of esters is 2. The highest BCUT2D eigenvalue weighted by Crippen LogP contribution is 2.27. The normalized spacial score (nSPS) is 13.6. The standard InChI is InChI=1S/C36H66O4/c1-3-5-7-9-11-13-15-17-19-21-23-27-31-39-35(37)33-29-25-26-30-34(33)36(38)40-32-28-24-22-20-18-16-14-12-10-8-6-4-2/h3-32H2,1-2H3. The molecule has 234 valence electrons. The second kappa shape index (κ2) is 27.8. The smallest absolute Gasteiger partial charge is 0.334 e. The van der Waals surface area contributed by atoms with Gasteiger partial charge in [0.25, 0.3) is 0 Å². The maximum Gasteiger partial charge on any atom is 0.334 e. The summed E-state index contributed by atoms with van der Waals surface area (Å²) in [6.07, 6.45) is 34.1. The fraction of sp³-hybridized carbons (Fsp3) is 0.889. The summed E-state index contributed by atoms with van der Waals surface area (Å²) in [6.45, 7) is 5.45. The molecule has 0 spiro atoms. The van der Waals surface area contributed by atoms with E-state index in [9.17, 15) is 9.59 Å². The molecular weight excluding hydrogens is 496 g/mol. The molecule has 4 heteroatoms. The van der Waals surface area contributed by atoms with Crippen molar-refractivity contribution < 1.29 is 19.1 Å². The Labute approximate surface area is 248 Å². The molecule has 0 heterocycles. The summed E-state index contributed by atoms with van der Waals surface area (Å²) in [5.41, 5.74) is 1.15. The van der Waals surface area contributed by atoms with E-state index in [1.54, 1.807) is 0 Å². The van der Waals surface area contributed by atoms with Gasteiger partial charge in [-0.15, -0.1) is 0 Å². The van der Waals surface area contributed by atoms with Gasteiger partial charge in [-0.25, -0.2) is 9.59 Å². The fourth-order valence-electron chi connectivity index (χ4n) is 5.75. The van der Waals surface area contributed by atoms with E-state index in [4.69, 9.17) is 9.47 Å². The van der Waals surface area contributed by atoms with Crippen LogP contribution in [-0.4, -0.2) is 25.2 Å². The lowest BCUT2D eigenvalue weighted by Gasteiger charge is -2.18. The van der Waals surface area contributed by atoms with Crippen molar-refractivity contribution in [2.75, 3.05) is 13.2 Å². The maximum absolute atomic E-state index is 12.7. The highest BCUT2D eigenvalue weighted by Gasteiger charge is 2.25. The van der Waals surface area contributed by atoms with Crippen molar-refractivity contribution in [2.45, 2.75) is 194 Å². The lowest BCUT2D eigenvalue weighted by molar-refractivity contribution is -0.143. The van der Waals surface area contributed by atoms with Crippen molar-refractivity contribution in [1.82, 2.24) is 0 Å². The van der Waals surface area contributed by atoms with Crippen molar-refractivity contribution in [3.8, 4) is 0 Å². The van der Waals surface area contributed by atoms with Gasteiger partial charge >= 0.3 is 11.9 Å². The summed E-state index contributed by atoms with van der Waals surface area (Å²) < 4.78 is 11.1. The SMILES string of the molecule is CCCCCCCCCCCCCCOC(=O)C1=C(C(=O)OCCCCCCCCCCCCCC)CCCC1. The molecule has 0 aliphatic heterocycles. The number of rotatable bonds is 28. The van der Waals surface area contributed by atoms with Gasteiger partial charge in [0, 0.05) is 11.1 Å². The Morgan fingerprint density at radius 1 is 0.425 bits per heavy atom. The molecule has 0 unspecified atom stereocenters. The second-order valence-electron chi connectivity index (χ2n) is 12.2. The first-order chi connectivity index (χ1) is 19.7. The first-order valence-electron chi connectivity index (χ1n) is 17.8. The summed E-state index contributed by atoms with van der Waals surface area (Å²) in [5.74, 6) is -0.583. The lowest BCUT2D eigenvalue weighted by Crippen LogP contribution is -2.20. The third kappa shape index (κ3) is 20.5. The summed E-state index contributed by atoms with van der Waals surface area (Å²) in [5, 5.41) is 0. The van der Waals surface area contributed by atoms with E-state index in [1.807, 2.05) is 0 Å². The minimum Gasteiger partial charge on any atom is -0.462 e. The zero-order valence-corrected chi connectivity index (χ0v) is 26.8. The third-order valence-electron chi connectivity index (χ3n) is 8.42. The number of ether oxygens (including phenoxy) is 2. The fourth-order valence-corrected chi connectivity index (χ4v) is 5.75. The molecule has 1 aliphatic carbocycles. The maximum atomic E-state index is 12.7. The Kier molecular flexibility index (Phi) is 25.5. The molecule has 40 heavy (non-hydrogen) atoms. The van der Waals surface area contributed by atoms with Gasteiger partial charge in [-0.2, -0.15) is 0 Å². The van der Waals surface area contributed by atoms with Crippen LogP contribution in [0.5, 0.6) is 0 Å². The molecule has 0 N–H and O–H groups in total. The van der Waals surface area contributed by atoms with Gasteiger partial charge in [0.05, 0.1) is 13.2 Å². The van der Waals surface area contributed by atoms with Crippen LogP contribution in [0.4, 0.5) is 0 Å². The van der Waals surface area contributed by atoms with Crippen LogP contribution < -0.4 is 0 Å². The summed E-state index contributed by atoms with van der Waals surface area (Å²) in [7, 11) is 0. The molecule has 4 nitrogen and oxygen atoms in total. The number of unbranched alkanes of at least 4 members (excludes halogenated alkanes) is 22. The number of carbonyl (C=O) groups excluding carboxylic acids is 2. The van der Waals surface area contributed by atoms with Crippen molar-refractivity contribution in [3.05, 3.63) is 11.1 Å². The monoisotopic (exact) mass is 562 g/mol. The van der Waals surface area contributed by atoms with Gasteiger partial charge in [0.2, 0.25) is 0 Å². The second-order valence-corrected chi connectivity index (χ2v) is 12.2. The van der Waals surface area contributed by atoms with Crippen LogP contribution in [0.25, 0.3) is 0 Å². The Balaban J connectivity index is 2.08. The number of hydrogen-bond donors (Lipinski definition) is 0. The molecule has 0 aromatic carbocycles. The lowest BCUT2D eigenvalue weighted by atomic mass is 9.91. The zero-order valence-electron chi connectivity index (χ0n) is 26.8. The Hall–Kier alpha value is -1.32. The van der Waals surface area contributed by atoms with Crippen LogP contribution in [0.1, 0.15) is 194 Å². The molecule has 0 amide bonds. The van der Waals surface area contributed by atoms with E-state index in [-0.39, 0.29) is 11.9 Å². The minimum atomic E-state index is -0.292. The molecule has 0 saturated carbocycles. The van der Waals surface area contributed by atoms with Crippen molar-refractivity contribution in [2.24, 2.45) is 0 Å². The van der Waals surface area contributed by atoms with E-state index >= 15 is 0 Å². The number of carbonyl (C=O) groups is 2. The third-order valence-corrected chi connectivity index (χ3v) is 8.42. The van der Waals surface area contributed by atoms with Crippen molar-refractivity contribution >= 4 is 11.9 Å². The Morgan fingerprint density at radius 2 is 0.675 bits per heavy atom. The zero-order chi connectivity index (χ0) is 28.9. The van der Waals surface area contributed by atoms with Crippen molar-refractivity contribution in [3.63, 3.8) is 0 Å². The van der Waals surface area contributed by atoms with E-state index in [0.29, 0.717) is 37.2 Å². The largest absolute Gasteiger partial charge is 0.462 e. The molecular formula is C36H66O4. The van der Waals surface area contributed by atoms with E-state index in [1.165, 1.54) is 128 Å². The average molecular weight is 563 g/mol. The molecule has 0 radical (unpaired) electrons. The first-order valence-corrected chi connectivity index (χ1v) is 17.8. The van der Waals surface area contributed by atoms with E-state index in [0.717, 1.165) is 38.5 Å². The van der Waals surface area contributed by atoms with Crippen LogP contribution >= 0.6 is 0 Å². The molecule has 1 rings (SSSR count). The average Bonchev–Trinajstić information content (AvgIpc) is 2.97. The van der Waals surface area contributed by atoms with Gasteiger partial charge < -0.3 is 9.47 Å². The molecule has 0 fully saturated rings. The summed E-state index contributed by atoms with van der Waals surface area (Å²) in [4.78, 5) is 25.4. The molecule has 1 aliphatic rings. The van der Waals surface area contributed by atoms with Gasteiger partial charge in [-0.05, 0) is 38.5 Å². The summed E-state index contributed by atoms with van der Waals surface area (Å²) in [6, 6.07) is 0. The van der Waals surface area contributed by atoms with Crippen LogP contribution in [-0.2, 0) is 19.1 Å². The Bertz CT molecular complexity index is 585. The van der Waals surface area contributed by atoms with Gasteiger partial charge in [-0.1, -0.05) is 155 Å². The van der Waals surface area contributed by atoms with E-state index < -0.39 is 0 Å². The van der Waals surface area contributed by atoms with Gasteiger partial charge in [-0.3, -0.25) is 0 Å². The van der Waals surface area contributed by atoms with E-state index in [2.05, 4.69) is 13.8 Å². The van der Waals surface area contributed by atoms with Crippen LogP contribution in [0, 0.1) is 0 Å². The molecule has 0 saturated heterocycles. The van der Waals surface area contributed by atoms with Crippen molar-refractivity contribution in [1.29, 1.82) is 0 Å². The minimum absolute atomic E-state index is 0.292. The van der Waals surface area contributed by atoms with Crippen LogP contribution in [0.3, 0.4) is 0 Å². The summed E-state index contributed by atoms with van der Waals surface area (Å²) >= 11 is 0. The topological polar surface area (TPSA) is 52.6 Å². The molecule has 0 aromatic rings. The van der Waals surface area contributed by atoms with Crippen LogP contribution in [0.15, 0.2) is 11.1 Å². The predicted octanol–water partition coefficient (Wildman–Crippen LogP) is 11.3. The highest BCUT2D eigenvalue weighted by atomic mass is 16.5. The molecule has 0 bridgehead atoms. The molecule has 0 atom stereocenters. The quantitative estimate of drug-likeness (QED) is 0.0703.